The van der Waals surface area contributed by atoms with E-state index in [1.807, 2.05) is 0 Å². The Kier molecular flexibility index (Phi) is 3.13. The summed E-state index contributed by atoms with van der Waals surface area (Å²) in [4.78, 5) is 2.54. The molecular weight excluding hydrogens is 134 g/mol. The Morgan fingerprint density at radius 3 is 2.82 bits per heavy atom. The van der Waals surface area contributed by atoms with E-state index in [9.17, 15) is 0 Å². The first kappa shape index (κ1) is 8.79. The van der Waals surface area contributed by atoms with Crippen LogP contribution in [0.5, 0.6) is 0 Å². The predicted octanol–water partition coefficient (Wildman–Crippen LogP) is 2.44. The van der Waals surface area contributed by atoms with Gasteiger partial charge >= 0.3 is 0 Å². The largest absolute Gasteiger partial charge is 0.297 e. The maximum Gasteiger partial charge on any atom is 0.0192 e. The molecule has 0 atom stereocenters. The molecule has 0 fully saturated rings. The van der Waals surface area contributed by atoms with Crippen LogP contribution in [-0.4, -0.2) is 24.0 Å². The predicted molar refractivity (Wildman–Crippen MR) is 49.7 cm³/mol. The van der Waals surface area contributed by atoms with Gasteiger partial charge in [0.05, 0.1) is 0 Å². The summed E-state index contributed by atoms with van der Waals surface area (Å²) in [6, 6.07) is 0.705. The zero-order valence-electron chi connectivity index (χ0n) is 7.93. The van der Waals surface area contributed by atoms with Crippen LogP contribution in [0.1, 0.15) is 33.6 Å². The van der Waals surface area contributed by atoms with Gasteiger partial charge < -0.3 is 0 Å². The summed E-state index contributed by atoms with van der Waals surface area (Å²) < 4.78 is 0. The number of allylic oxidation sites excluding steroid dienone is 1. The number of rotatable bonds is 1. The minimum atomic E-state index is 0.705. The molecule has 0 spiro atoms. The molecule has 1 heteroatoms. The van der Waals surface area contributed by atoms with Gasteiger partial charge in [-0.2, -0.15) is 0 Å². The number of nitrogens with zero attached hydrogens (tertiary/aromatic N) is 1. The van der Waals surface area contributed by atoms with Crippen molar-refractivity contribution < 1.29 is 0 Å². The van der Waals surface area contributed by atoms with Crippen LogP contribution in [0, 0.1) is 0 Å². The fourth-order valence-corrected chi connectivity index (χ4v) is 1.55. The molecule has 11 heavy (non-hydrogen) atoms. The van der Waals surface area contributed by atoms with E-state index in [0.717, 1.165) is 0 Å². The molecular formula is C10H19N. The summed E-state index contributed by atoms with van der Waals surface area (Å²) in [6.07, 6.45) is 4.98. The first-order valence-electron chi connectivity index (χ1n) is 4.60. The fraction of sp³-hybridized carbons (Fsp3) is 0.800. The molecule has 1 rings (SSSR count). The number of hydrogen-bond donors (Lipinski definition) is 0. The quantitative estimate of drug-likeness (QED) is 0.523. The van der Waals surface area contributed by atoms with Crippen LogP contribution in [0.4, 0.5) is 0 Å². The normalized spacial score (nSPS) is 21.6. The topological polar surface area (TPSA) is 3.24 Å². The first-order valence-corrected chi connectivity index (χ1v) is 4.60. The zero-order chi connectivity index (χ0) is 8.27. The standard InChI is InChI=1S/C10H19N/c1-9(2)11-7-5-4-6-10(3)8-11/h6,9H,4-5,7-8H2,1-3H3. The smallest absolute Gasteiger partial charge is 0.0192 e. The highest BCUT2D eigenvalue weighted by atomic mass is 15.1. The van der Waals surface area contributed by atoms with Crippen molar-refractivity contribution in [3.63, 3.8) is 0 Å². The van der Waals surface area contributed by atoms with Crippen molar-refractivity contribution >= 4 is 0 Å². The van der Waals surface area contributed by atoms with Crippen molar-refractivity contribution in [3.05, 3.63) is 11.6 Å². The number of hydrogen-bond acceptors (Lipinski definition) is 1. The van der Waals surface area contributed by atoms with Gasteiger partial charge in [0.2, 0.25) is 0 Å². The lowest BCUT2D eigenvalue weighted by atomic mass is 10.2. The monoisotopic (exact) mass is 153 g/mol. The van der Waals surface area contributed by atoms with Crippen LogP contribution in [0.3, 0.4) is 0 Å². The van der Waals surface area contributed by atoms with E-state index in [4.69, 9.17) is 0 Å². The summed E-state index contributed by atoms with van der Waals surface area (Å²) in [5.74, 6) is 0. The van der Waals surface area contributed by atoms with Crippen LogP contribution < -0.4 is 0 Å². The fourth-order valence-electron chi connectivity index (χ4n) is 1.55. The van der Waals surface area contributed by atoms with Gasteiger partial charge in [0, 0.05) is 12.6 Å². The van der Waals surface area contributed by atoms with Gasteiger partial charge in [-0.25, -0.2) is 0 Å². The zero-order valence-corrected chi connectivity index (χ0v) is 7.93. The average molecular weight is 153 g/mol. The Balaban J connectivity index is 2.49. The maximum absolute atomic E-state index is 2.54. The lowest BCUT2D eigenvalue weighted by Crippen LogP contribution is -2.32. The summed E-state index contributed by atoms with van der Waals surface area (Å²) in [5, 5.41) is 0. The highest BCUT2D eigenvalue weighted by Crippen LogP contribution is 2.11. The Morgan fingerprint density at radius 2 is 2.18 bits per heavy atom. The molecule has 0 aromatic carbocycles. The molecule has 0 N–H and O–H groups in total. The molecule has 64 valence electrons. The van der Waals surface area contributed by atoms with E-state index < -0.39 is 0 Å². The van der Waals surface area contributed by atoms with Crippen molar-refractivity contribution in [3.8, 4) is 0 Å². The van der Waals surface area contributed by atoms with Gasteiger partial charge in [-0.3, -0.25) is 4.90 Å². The second-order valence-electron chi connectivity index (χ2n) is 3.76. The first-order chi connectivity index (χ1) is 5.20. The van der Waals surface area contributed by atoms with E-state index in [1.54, 1.807) is 0 Å². The molecule has 0 saturated heterocycles. The molecule has 0 aromatic heterocycles. The minimum absolute atomic E-state index is 0.705. The average Bonchev–Trinajstić information content (AvgIpc) is 2.13. The van der Waals surface area contributed by atoms with Crippen molar-refractivity contribution in [2.45, 2.75) is 39.7 Å². The molecule has 0 radical (unpaired) electrons. The lowest BCUT2D eigenvalue weighted by molar-refractivity contribution is 0.243. The van der Waals surface area contributed by atoms with Gasteiger partial charge in [-0.05, 0) is 40.2 Å². The van der Waals surface area contributed by atoms with Gasteiger partial charge in [-0.15, -0.1) is 0 Å². The van der Waals surface area contributed by atoms with Gasteiger partial charge in [-0.1, -0.05) is 11.6 Å². The SMILES string of the molecule is CC1=CCCCN(C(C)C)C1. The molecule has 0 amide bonds. The summed E-state index contributed by atoms with van der Waals surface area (Å²) in [5.41, 5.74) is 1.54. The summed E-state index contributed by atoms with van der Waals surface area (Å²) in [6.45, 7) is 9.24. The second-order valence-corrected chi connectivity index (χ2v) is 3.76. The Bertz CT molecular complexity index is 147. The summed E-state index contributed by atoms with van der Waals surface area (Å²) >= 11 is 0. The van der Waals surface area contributed by atoms with Crippen LogP contribution in [0.2, 0.25) is 0 Å². The van der Waals surface area contributed by atoms with Crippen LogP contribution in [0.15, 0.2) is 11.6 Å². The maximum atomic E-state index is 2.54. The Hall–Kier alpha value is -0.300. The molecule has 0 unspecified atom stereocenters. The third kappa shape index (κ3) is 2.66. The van der Waals surface area contributed by atoms with Crippen molar-refractivity contribution in [1.82, 2.24) is 4.90 Å². The lowest BCUT2D eigenvalue weighted by Gasteiger charge is -2.24. The molecule has 0 bridgehead atoms. The second kappa shape index (κ2) is 3.91. The van der Waals surface area contributed by atoms with E-state index in [0.29, 0.717) is 6.04 Å². The third-order valence-electron chi connectivity index (χ3n) is 2.33. The molecule has 0 aromatic rings. The summed E-state index contributed by atoms with van der Waals surface area (Å²) in [7, 11) is 0. The van der Waals surface area contributed by atoms with Gasteiger partial charge in [0.15, 0.2) is 0 Å². The highest BCUT2D eigenvalue weighted by molar-refractivity contribution is 5.02. The van der Waals surface area contributed by atoms with Crippen molar-refractivity contribution in [1.29, 1.82) is 0 Å². The third-order valence-corrected chi connectivity index (χ3v) is 2.33. The van der Waals surface area contributed by atoms with Crippen molar-refractivity contribution in [2.75, 3.05) is 13.1 Å². The molecule has 0 aliphatic carbocycles. The van der Waals surface area contributed by atoms with Crippen molar-refractivity contribution in [2.24, 2.45) is 0 Å². The highest BCUT2D eigenvalue weighted by Gasteiger charge is 2.10. The Labute approximate surface area is 70.1 Å². The molecule has 0 saturated carbocycles. The molecule has 1 aliphatic rings. The molecule has 1 nitrogen and oxygen atoms in total. The van der Waals surface area contributed by atoms with Gasteiger partial charge in [0.25, 0.3) is 0 Å². The van der Waals surface area contributed by atoms with Crippen LogP contribution in [-0.2, 0) is 0 Å². The van der Waals surface area contributed by atoms with Gasteiger partial charge in [0.1, 0.15) is 0 Å². The van der Waals surface area contributed by atoms with E-state index in [-0.39, 0.29) is 0 Å². The molecule has 1 aliphatic heterocycles. The van der Waals surface area contributed by atoms with E-state index in [1.165, 1.54) is 31.5 Å². The molecule has 1 heterocycles. The van der Waals surface area contributed by atoms with E-state index >= 15 is 0 Å². The van der Waals surface area contributed by atoms with Crippen LogP contribution >= 0.6 is 0 Å². The minimum Gasteiger partial charge on any atom is -0.297 e. The van der Waals surface area contributed by atoms with Crippen LogP contribution in [0.25, 0.3) is 0 Å². The van der Waals surface area contributed by atoms with E-state index in [2.05, 4.69) is 31.7 Å². The Morgan fingerprint density at radius 1 is 1.45 bits per heavy atom.